The van der Waals surface area contributed by atoms with Crippen molar-refractivity contribution in [1.82, 2.24) is 16.1 Å². The summed E-state index contributed by atoms with van der Waals surface area (Å²) in [7, 11) is 13.1. The third kappa shape index (κ3) is 15.6. The molecular weight excluding hydrogens is 1280 g/mol. The van der Waals surface area contributed by atoms with Crippen LogP contribution in [0.4, 0.5) is 4.79 Å². The summed E-state index contributed by atoms with van der Waals surface area (Å²) in [5.41, 5.74) is 1.76. The number of fused-ring (bicyclic) bond motifs is 2. The molecule has 2 bridgehead atoms. The second-order valence-corrected chi connectivity index (χ2v) is 26.6. The number of ether oxygens (including phenoxy) is 12. The first-order valence-electron chi connectivity index (χ1n) is 26.5. The molecule has 24 nitrogen and oxygen atoms in total. The summed E-state index contributed by atoms with van der Waals surface area (Å²) in [6.45, 7) is 6.82. The Morgan fingerprint density at radius 1 is 0.867 bits per heavy atom. The highest BCUT2D eigenvalue weighted by molar-refractivity contribution is 14.1. The molecule has 0 saturated carbocycles. The number of carbonyl (C=O) groups is 2. The van der Waals surface area contributed by atoms with Crippen LogP contribution in [0.1, 0.15) is 56.0 Å². The van der Waals surface area contributed by atoms with Gasteiger partial charge in [0.2, 0.25) is 17.2 Å². The van der Waals surface area contributed by atoms with Crippen LogP contribution < -0.4 is 30.3 Å². The van der Waals surface area contributed by atoms with E-state index < -0.39 is 120 Å². The molecule has 0 aromatic heterocycles. The second-order valence-electron chi connectivity index (χ2n) is 20.0. The van der Waals surface area contributed by atoms with Gasteiger partial charge in [-0.3, -0.25) is 14.9 Å². The Labute approximate surface area is 512 Å². The molecule has 1 aromatic carbocycles. The summed E-state index contributed by atoms with van der Waals surface area (Å²) in [6, 6.07) is -1.26. The molecule has 4 heterocycles. The number of likely N-dealkylation sites (N-methyl/N-ethyl adjacent to an activating group) is 1. The number of alkyl carbamates (subject to hydrolysis) is 1. The van der Waals surface area contributed by atoms with Gasteiger partial charge < -0.3 is 92.8 Å². The van der Waals surface area contributed by atoms with Crippen LogP contribution in [0.2, 0.25) is 0 Å². The summed E-state index contributed by atoms with van der Waals surface area (Å²) >= 11 is 2.83. The Morgan fingerprint density at radius 2 is 1.59 bits per heavy atom. The highest BCUT2D eigenvalue weighted by Crippen LogP contribution is 2.49. The quantitative estimate of drug-likeness (QED) is 0.0281. The predicted molar refractivity (Wildman–Crippen MR) is 316 cm³/mol. The molecular formula is C54H74IN3O21S4. The Kier molecular flexibility index (Phi) is 25.3. The number of carbonyl (C=O) groups excluding carboxylic acids is 2. The van der Waals surface area contributed by atoms with Gasteiger partial charge in [-0.2, -0.15) is 5.48 Å². The van der Waals surface area contributed by atoms with Gasteiger partial charge in [-0.1, -0.05) is 63.1 Å². The number of hydroxylamine groups is 1. The Balaban J connectivity index is 1.11. The van der Waals surface area contributed by atoms with Crippen LogP contribution in [-0.4, -0.2) is 224 Å². The average molecular weight is 1360 g/mol. The van der Waals surface area contributed by atoms with Crippen LogP contribution in [0, 0.1) is 34.2 Å². The van der Waals surface area contributed by atoms with Crippen LogP contribution in [0.15, 0.2) is 35.1 Å². The number of nitrogens with one attached hydrogen (secondary N) is 3. The first-order valence-corrected chi connectivity index (χ1v) is 32.5. The number of hydrogen-bond acceptors (Lipinski definition) is 27. The number of aliphatic hydroxyl groups excluding tert-OH is 5. The molecule has 462 valence electrons. The SMILES string of the molecule is CN[C@H]1CO[C@@H](O[C@H]2[C@H](O[C@H]3C#C/C=C\C#C[C@]4(O)C[C@@H](O)C(NC(=O)OC)=C3/C4=C/CSSSC)O[C@H](C)C(NO[C@H]3C[C@H](O)[C@H](SC(=O)c4c(C)c(I)c(O[C@@H]5O[C@@H](C)[C@H](O)[C@@H](OC)[C@H]5O)c(OC)c4OC)[C@@H](C)O3)[C@@H]2O)C[C@@H]1OC. The van der Waals surface area contributed by atoms with Crippen molar-refractivity contribution in [3.05, 3.63) is 49.8 Å². The fraction of sp³-hybridized carbons (Fsp3) is 0.667. The third-order valence-electron chi connectivity index (χ3n) is 14.8. The van der Waals surface area contributed by atoms with Crippen molar-refractivity contribution in [3.8, 4) is 40.9 Å². The van der Waals surface area contributed by atoms with Gasteiger partial charge in [0.25, 0.3) is 0 Å². The molecule has 9 N–H and O–H groups in total. The lowest BCUT2D eigenvalue weighted by Crippen LogP contribution is -2.65. The minimum atomic E-state index is -1.95. The van der Waals surface area contributed by atoms with E-state index in [0.717, 1.165) is 11.8 Å². The fourth-order valence-electron chi connectivity index (χ4n) is 10.5. The summed E-state index contributed by atoms with van der Waals surface area (Å²) in [5.74, 6) is 12.2. The zero-order chi connectivity index (χ0) is 60.4. The smallest absolute Gasteiger partial charge is 0.411 e. The Bertz CT molecular complexity index is 2640. The summed E-state index contributed by atoms with van der Waals surface area (Å²) in [4.78, 5) is 33.5. The highest BCUT2D eigenvalue weighted by Gasteiger charge is 2.52. The molecule has 1 unspecified atom stereocenters. The molecule has 2 aliphatic carbocycles. The van der Waals surface area contributed by atoms with E-state index >= 15 is 0 Å². The predicted octanol–water partition coefficient (Wildman–Crippen LogP) is 2.60. The number of halogens is 1. The molecule has 29 heteroatoms. The molecule has 7 rings (SSSR count). The third-order valence-corrected chi connectivity index (χ3v) is 21.2. The molecule has 4 saturated heterocycles. The van der Waals surface area contributed by atoms with E-state index in [1.807, 2.05) is 28.8 Å². The minimum Gasteiger partial charge on any atom is -0.492 e. The monoisotopic (exact) mass is 1360 g/mol. The molecule has 83 heavy (non-hydrogen) atoms. The molecule has 6 aliphatic rings. The van der Waals surface area contributed by atoms with Crippen molar-refractivity contribution < 1.29 is 102 Å². The molecule has 0 spiro atoms. The van der Waals surface area contributed by atoms with Crippen LogP contribution in [0.3, 0.4) is 0 Å². The molecule has 4 fully saturated rings. The Hall–Kier alpha value is -2.65. The largest absolute Gasteiger partial charge is 0.492 e. The van der Waals surface area contributed by atoms with Crippen LogP contribution in [0.25, 0.3) is 0 Å². The standard InChI is InChI=1S/C54H74IN3O21S4/c1-24-36(44(68-7)48(70-9)45(38(24)55)78-51-43(63)46(69-8)41(61)26(3)75-51)50(64)82-49-27(4)73-35(20-30(49)59)79-58-39-25(2)74-52(47(42(39)62)77-34-21-33(67-6)29(56-5)23-72-34)76-32-16-14-12-13-15-18-54(66)22-31(60)40(57-53(65)71-10)37(32)28(54)17-19-81-83-80-11/h12-13,17,25-27,29-35,39,41-43,46-47,49,51-52,56,58-63,66H,19-23H2,1-11H3,(H,57,65)/b13-12-,28-17-/t25-,26+,27-,29+,30+,31-,32+,33+,34+,35+,39?,41+,42+,43-,46-,47-,49-,51+,52+,54+/m1/s1. The Morgan fingerprint density at radius 3 is 2.25 bits per heavy atom. The van der Waals surface area contributed by atoms with Gasteiger partial charge in [0.1, 0.15) is 36.6 Å². The van der Waals surface area contributed by atoms with Gasteiger partial charge in [0, 0.05) is 50.4 Å². The maximum absolute atomic E-state index is 14.4. The van der Waals surface area contributed by atoms with Crippen molar-refractivity contribution in [2.24, 2.45) is 0 Å². The van der Waals surface area contributed by atoms with E-state index in [4.69, 9.17) is 61.7 Å². The lowest BCUT2D eigenvalue weighted by Gasteiger charge is -2.47. The van der Waals surface area contributed by atoms with Crippen molar-refractivity contribution in [3.63, 3.8) is 0 Å². The van der Waals surface area contributed by atoms with Crippen molar-refractivity contribution >= 4 is 77.0 Å². The first kappa shape index (κ1) is 67.9. The molecule has 1 amide bonds. The minimum absolute atomic E-state index is 0.0296. The molecule has 1 aromatic rings. The van der Waals surface area contributed by atoms with Gasteiger partial charge in [-0.25, -0.2) is 4.79 Å². The first-order chi connectivity index (χ1) is 39.7. The normalized spacial score (nSPS) is 37.1. The number of aliphatic hydroxyl groups is 6. The topological polar surface area (TPSA) is 312 Å². The van der Waals surface area contributed by atoms with Gasteiger partial charge in [-0.05, 0) is 91.1 Å². The number of benzene rings is 1. The van der Waals surface area contributed by atoms with Crippen molar-refractivity contribution in [2.45, 2.75) is 168 Å². The number of amides is 1. The fourth-order valence-corrected chi connectivity index (χ4v) is 14.7. The van der Waals surface area contributed by atoms with E-state index in [0.29, 0.717) is 14.9 Å². The number of rotatable bonds is 21. The van der Waals surface area contributed by atoms with Gasteiger partial charge in [0.15, 0.2) is 36.0 Å². The van der Waals surface area contributed by atoms with E-state index in [2.05, 4.69) is 39.8 Å². The van der Waals surface area contributed by atoms with E-state index in [1.165, 1.54) is 72.0 Å². The summed E-state index contributed by atoms with van der Waals surface area (Å²) < 4.78 is 72.5. The van der Waals surface area contributed by atoms with Crippen LogP contribution in [-0.2, 0) is 47.5 Å². The molecule has 0 radical (unpaired) electrons. The molecule has 20 atom stereocenters. The van der Waals surface area contributed by atoms with Gasteiger partial charge >= 0.3 is 6.09 Å². The van der Waals surface area contributed by atoms with E-state index in [1.54, 1.807) is 47.9 Å². The van der Waals surface area contributed by atoms with Gasteiger partial charge in [0.05, 0.1) is 96.7 Å². The lowest BCUT2D eigenvalue weighted by atomic mass is 9.74. The zero-order valence-corrected chi connectivity index (χ0v) is 53.0. The zero-order valence-electron chi connectivity index (χ0n) is 47.6. The summed E-state index contributed by atoms with van der Waals surface area (Å²) in [5, 5.41) is 74.3. The second kappa shape index (κ2) is 31.0. The number of methoxy groups -OCH3 is 5. The average Bonchev–Trinajstić information content (AvgIpc) is 3.59. The maximum Gasteiger partial charge on any atom is 0.411 e. The van der Waals surface area contributed by atoms with Crippen molar-refractivity contribution in [2.75, 3.05) is 61.2 Å². The number of hydrogen-bond donors (Lipinski definition) is 9. The molecule has 4 aliphatic heterocycles. The van der Waals surface area contributed by atoms with Crippen LogP contribution in [0.5, 0.6) is 17.2 Å². The summed E-state index contributed by atoms with van der Waals surface area (Å²) in [6.07, 6.45) is -12.8. The number of allylic oxidation sites excluding steroid dienone is 2. The lowest BCUT2D eigenvalue weighted by molar-refractivity contribution is -0.336. The van der Waals surface area contributed by atoms with Crippen molar-refractivity contribution in [1.29, 1.82) is 0 Å². The maximum atomic E-state index is 14.4. The van der Waals surface area contributed by atoms with Crippen LogP contribution >= 0.6 is 65.8 Å². The van der Waals surface area contributed by atoms with Gasteiger partial charge in [-0.15, -0.1) is 0 Å². The number of thioether (sulfide) groups is 1. The highest BCUT2D eigenvalue weighted by atomic mass is 127. The van der Waals surface area contributed by atoms with E-state index in [9.17, 15) is 40.2 Å². The van der Waals surface area contributed by atoms with E-state index in [-0.39, 0.29) is 77.7 Å².